The Balaban J connectivity index is 2.36. The minimum absolute atomic E-state index is 0.00991. The highest BCUT2D eigenvalue weighted by Gasteiger charge is 2.35. The Bertz CT molecular complexity index is 894. The lowest BCUT2D eigenvalue weighted by atomic mass is 10.2. The van der Waals surface area contributed by atoms with Gasteiger partial charge in [0.05, 0.1) is 12.2 Å². The largest absolute Gasteiger partial charge is 0.600 e. The SMILES string of the molecule is CC(C)OC(=O)c1ccccc1OP(=O)(OSCl)Oc1ccccc1C(=O)OC(C)C. The molecule has 168 valence electrons. The van der Waals surface area contributed by atoms with Gasteiger partial charge in [-0.25, -0.2) is 14.2 Å². The molecule has 2 aromatic rings. The van der Waals surface area contributed by atoms with Gasteiger partial charge < -0.3 is 18.5 Å². The van der Waals surface area contributed by atoms with Crippen LogP contribution in [0.25, 0.3) is 0 Å². The molecule has 0 heterocycles. The van der Waals surface area contributed by atoms with Crippen molar-refractivity contribution in [2.75, 3.05) is 0 Å². The smallest absolute Gasteiger partial charge is 0.459 e. The third kappa shape index (κ3) is 7.47. The molecule has 0 aromatic heterocycles. The van der Waals surface area contributed by atoms with Crippen molar-refractivity contribution in [3.8, 4) is 11.5 Å². The number of rotatable bonds is 10. The van der Waals surface area contributed by atoms with Gasteiger partial charge in [0, 0.05) is 0 Å². The molecule has 0 unspecified atom stereocenters. The summed E-state index contributed by atoms with van der Waals surface area (Å²) in [6.07, 6.45) is -0.755. The molecule has 0 aliphatic carbocycles. The van der Waals surface area contributed by atoms with Crippen LogP contribution in [-0.2, 0) is 18.0 Å². The fourth-order valence-electron chi connectivity index (χ4n) is 2.31. The van der Waals surface area contributed by atoms with Crippen molar-refractivity contribution in [1.29, 1.82) is 0 Å². The molecular formula is C20H22ClO8PS. The standard InChI is InChI=1S/C20H22ClO8PS/c1-13(2)25-19(22)15-9-5-7-11-17(15)27-30(24,29-31-21)28-18-12-8-6-10-16(18)20(23)26-14(3)4/h5-14H,1-4H3. The molecule has 0 saturated heterocycles. The summed E-state index contributed by atoms with van der Waals surface area (Å²) in [6, 6.07) is 12.0. The molecule has 0 spiro atoms. The number of benzene rings is 2. The zero-order chi connectivity index (χ0) is 23.0. The van der Waals surface area contributed by atoms with Gasteiger partial charge in [-0.1, -0.05) is 24.3 Å². The molecule has 0 aliphatic rings. The van der Waals surface area contributed by atoms with Crippen LogP contribution in [-0.4, -0.2) is 24.1 Å². The molecule has 8 nitrogen and oxygen atoms in total. The Morgan fingerprint density at radius 2 is 1.19 bits per heavy atom. The number of hydrogen-bond donors (Lipinski definition) is 0. The van der Waals surface area contributed by atoms with Gasteiger partial charge in [0.2, 0.25) is 0 Å². The second kappa shape index (κ2) is 11.4. The quantitative estimate of drug-likeness (QED) is 0.220. The van der Waals surface area contributed by atoms with Crippen molar-refractivity contribution < 1.29 is 36.6 Å². The van der Waals surface area contributed by atoms with Crippen molar-refractivity contribution in [2.24, 2.45) is 0 Å². The first-order valence-corrected chi connectivity index (χ1v) is 12.2. The number of esters is 2. The number of carbonyl (C=O) groups is 2. The van der Waals surface area contributed by atoms with Gasteiger partial charge >= 0.3 is 19.8 Å². The summed E-state index contributed by atoms with van der Waals surface area (Å²) < 4.78 is 39.5. The van der Waals surface area contributed by atoms with Crippen molar-refractivity contribution in [2.45, 2.75) is 39.9 Å². The number of ether oxygens (including phenoxy) is 2. The molecule has 2 rings (SSSR count). The second-order valence-electron chi connectivity index (χ2n) is 6.67. The first-order valence-electron chi connectivity index (χ1n) is 9.21. The molecule has 0 bridgehead atoms. The lowest BCUT2D eigenvalue weighted by Gasteiger charge is -2.20. The number of halogens is 1. The van der Waals surface area contributed by atoms with Gasteiger partial charge in [-0.2, -0.15) is 3.97 Å². The predicted molar refractivity (Wildman–Crippen MR) is 117 cm³/mol. The first-order chi connectivity index (χ1) is 14.6. The Kier molecular flexibility index (Phi) is 9.25. The summed E-state index contributed by atoms with van der Waals surface area (Å²) in [5.41, 5.74) is 0.0198. The predicted octanol–water partition coefficient (Wildman–Crippen LogP) is 6.20. The van der Waals surface area contributed by atoms with Crippen molar-refractivity contribution in [3.63, 3.8) is 0 Å². The van der Waals surface area contributed by atoms with Crippen LogP contribution in [0.3, 0.4) is 0 Å². The van der Waals surface area contributed by atoms with Crippen LogP contribution in [0.2, 0.25) is 0 Å². The van der Waals surface area contributed by atoms with Crippen molar-refractivity contribution >= 4 is 41.7 Å². The topological polar surface area (TPSA) is 97.4 Å². The van der Waals surface area contributed by atoms with Crippen LogP contribution >= 0.6 is 29.8 Å². The maximum Gasteiger partial charge on any atom is 0.600 e. The van der Waals surface area contributed by atoms with Crippen LogP contribution in [0.4, 0.5) is 0 Å². The number of phosphoric ester groups is 1. The van der Waals surface area contributed by atoms with Crippen LogP contribution in [0.1, 0.15) is 48.4 Å². The van der Waals surface area contributed by atoms with Gasteiger partial charge in [0.1, 0.15) is 33.9 Å². The molecule has 0 atom stereocenters. The van der Waals surface area contributed by atoms with E-state index in [0.29, 0.717) is 0 Å². The molecule has 31 heavy (non-hydrogen) atoms. The van der Waals surface area contributed by atoms with E-state index < -0.39 is 19.8 Å². The number of phosphoric acid groups is 1. The molecule has 0 aliphatic heterocycles. The molecule has 0 fully saturated rings. The molecule has 2 aromatic carbocycles. The van der Waals surface area contributed by atoms with E-state index in [0.717, 1.165) is 0 Å². The van der Waals surface area contributed by atoms with Crippen LogP contribution in [0.5, 0.6) is 11.5 Å². The third-order valence-electron chi connectivity index (χ3n) is 3.44. The van der Waals surface area contributed by atoms with Crippen LogP contribution in [0.15, 0.2) is 48.5 Å². The minimum Gasteiger partial charge on any atom is -0.459 e. The highest BCUT2D eigenvalue weighted by molar-refractivity contribution is 8.19. The maximum absolute atomic E-state index is 13.3. The van der Waals surface area contributed by atoms with Gasteiger partial charge in [-0.3, -0.25) is 0 Å². The van der Waals surface area contributed by atoms with Gasteiger partial charge in [-0.05, 0) is 62.6 Å². The van der Waals surface area contributed by atoms with Crippen LogP contribution < -0.4 is 9.05 Å². The van der Waals surface area contributed by atoms with E-state index in [1.54, 1.807) is 52.0 Å². The Hall–Kier alpha value is -2.19. The van der Waals surface area contributed by atoms with Crippen LogP contribution in [0, 0.1) is 0 Å². The van der Waals surface area contributed by atoms with E-state index >= 15 is 0 Å². The summed E-state index contributed by atoms with van der Waals surface area (Å²) in [6.45, 7) is 6.76. The summed E-state index contributed by atoms with van der Waals surface area (Å²) in [5.74, 6) is -1.58. The van der Waals surface area contributed by atoms with E-state index in [1.165, 1.54) is 24.3 Å². The fraction of sp³-hybridized carbons (Fsp3) is 0.300. The van der Waals surface area contributed by atoms with Crippen molar-refractivity contribution in [1.82, 2.24) is 0 Å². The lowest BCUT2D eigenvalue weighted by molar-refractivity contribution is 0.0365. The van der Waals surface area contributed by atoms with E-state index in [4.69, 9.17) is 33.2 Å². The Labute approximate surface area is 189 Å². The summed E-state index contributed by atoms with van der Waals surface area (Å²) >= 11 is 0.224. The zero-order valence-electron chi connectivity index (χ0n) is 17.3. The van der Waals surface area contributed by atoms with Gasteiger partial charge in [0.15, 0.2) is 0 Å². The first kappa shape index (κ1) is 25.1. The molecule has 0 N–H and O–H groups in total. The summed E-state index contributed by atoms with van der Waals surface area (Å²) in [7, 11) is 1.09. The average Bonchev–Trinajstić information content (AvgIpc) is 2.67. The second-order valence-corrected chi connectivity index (χ2v) is 9.03. The lowest BCUT2D eigenvalue weighted by Crippen LogP contribution is -2.14. The summed E-state index contributed by atoms with van der Waals surface area (Å²) in [4.78, 5) is 24.7. The molecule has 0 saturated carbocycles. The maximum atomic E-state index is 13.3. The summed E-state index contributed by atoms with van der Waals surface area (Å²) in [5, 5.41) is 0. The fourth-order valence-corrected chi connectivity index (χ4v) is 4.29. The number of para-hydroxylation sites is 2. The van der Waals surface area contributed by atoms with E-state index in [1.807, 2.05) is 0 Å². The highest BCUT2D eigenvalue weighted by atomic mass is 35.7. The molecule has 11 heteroatoms. The monoisotopic (exact) mass is 488 g/mol. The highest BCUT2D eigenvalue weighted by Crippen LogP contribution is 2.54. The third-order valence-corrected chi connectivity index (χ3v) is 5.74. The molecule has 0 amide bonds. The molecule has 0 radical (unpaired) electrons. The minimum atomic E-state index is -4.45. The zero-order valence-corrected chi connectivity index (χ0v) is 19.7. The normalized spacial score (nSPS) is 11.3. The molecular weight excluding hydrogens is 467 g/mol. The van der Waals surface area contributed by atoms with E-state index in [-0.39, 0.29) is 46.1 Å². The van der Waals surface area contributed by atoms with E-state index in [9.17, 15) is 14.2 Å². The van der Waals surface area contributed by atoms with E-state index in [2.05, 4.69) is 0 Å². The number of hydrogen-bond acceptors (Lipinski definition) is 9. The van der Waals surface area contributed by atoms with Crippen molar-refractivity contribution in [3.05, 3.63) is 59.7 Å². The average molecular weight is 489 g/mol. The van der Waals surface area contributed by atoms with Gasteiger partial charge in [0.25, 0.3) is 0 Å². The van der Waals surface area contributed by atoms with Gasteiger partial charge in [-0.15, -0.1) is 0 Å². The Morgan fingerprint density at radius 1 is 0.806 bits per heavy atom. The number of carbonyl (C=O) groups excluding carboxylic acids is 2. The Morgan fingerprint density at radius 3 is 1.55 bits per heavy atom.